The minimum atomic E-state index is -9.60. The standard InChI is InChI=1S/C10F22O/c11-1(5(15,16)17,6(18,19)20)3(13,2(12,7(21,22)23)8(24,25)26)33-4(14,9(27,28)29)10(30,31)32. The first-order valence-electron chi connectivity index (χ1n) is 6.57. The average molecular weight is 554 g/mol. The smallest absolute Gasteiger partial charge is 0.287 e. The second-order valence-electron chi connectivity index (χ2n) is 5.60. The van der Waals surface area contributed by atoms with Crippen LogP contribution in [0.1, 0.15) is 0 Å². The summed E-state index contributed by atoms with van der Waals surface area (Å²) in [5.41, 5.74) is -18.7. The fourth-order valence-electron chi connectivity index (χ4n) is 1.90. The van der Waals surface area contributed by atoms with Crippen LogP contribution in [0.5, 0.6) is 0 Å². The highest BCUT2D eigenvalue weighted by Crippen LogP contribution is 2.67. The third-order valence-corrected chi connectivity index (χ3v) is 3.46. The van der Waals surface area contributed by atoms with Gasteiger partial charge in [0.1, 0.15) is 0 Å². The molecule has 33 heavy (non-hydrogen) atoms. The van der Waals surface area contributed by atoms with Gasteiger partial charge >= 0.3 is 60.1 Å². The number of rotatable bonds is 4. The molecule has 0 aromatic carbocycles. The fourth-order valence-corrected chi connectivity index (χ4v) is 1.90. The van der Waals surface area contributed by atoms with Gasteiger partial charge in [-0.3, -0.25) is 4.74 Å². The highest BCUT2D eigenvalue weighted by Gasteiger charge is 3.00. The number of ether oxygens (including phenoxy) is 1. The molecule has 0 aliphatic rings. The SMILES string of the molecule is FC(F)(F)C(F)(OC(F)(C(F)(C(F)(F)F)C(F)(F)F)C(F)(C(F)(F)F)C(F)(F)F)C(F)(F)F. The summed E-state index contributed by atoms with van der Waals surface area (Å²) in [6.07, 6.45) is -52.0. The molecule has 0 aliphatic heterocycles. The molecule has 0 saturated heterocycles. The van der Waals surface area contributed by atoms with Gasteiger partial charge in [-0.15, -0.1) is 0 Å². The van der Waals surface area contributed by atoms with Crippen LogP contribution in [0.3, 0.4) is 0 Å². The maximum absolute atomic E-state index is 14.3. The molecule has 0 atom stereocenters. The van der Waals surface area contributed by atoms with Crippen LogP contribution < -0.4 is 0 Å². The highest BCUT2D eigenvalue weighted by atomic mass is 19.5. The van der Waals surface area contributed by atoms with Crippen molar-refractivity contribution in [1.82, 2.24) is 0 Å². The van der Waals surface area contributed by atoms with Gasteiger partial charge < -0.3 is 0 Å². The van der Waals surface area contributed by atoms with E-state index < -0.39 is 60.1 Å². The third kappa shape index (κ3) is 4.21. The van der Waals surface area contributed by atoms with E-state index in [2.05, 4.69) is 0 Å². The maximum atomic E-state index is 14.3. The summed E-state index contributed by atoms with van der Waals surface area (Å²) < 4.78 is 281. The van der Waals surface area contributed by atoms with Gasteiger partial charge in [0.25, 0.3) is 0 Å². The Balaban J connectivity index is 8.16. The van der Waals surface area contributed by atoms with E-state index in [1.807, 2.05) is 0 Å². The van der Waals surface area contributed by atoms with E-state index >= 15 is 0 Å². The summed E-state index contributed by atoms with van der Waals surface area (Å²) in [5.74, 6) is -18.3. The first-order chi connectivity index (χ1) is 13.7. The fraction of sp³-hybridized carbons (Fsp3) is 1.00. The molecule has 0 aromatic rings. The Morgan fingerprint density at radius 2 is 0.424 bits per heavy atom. The van der Waals surface area contributed by atoms with Crippen LogP contribution in [-0.2, 0) is 4.74 Å². The van der Waals surface area contributed by atoms with E-state index in [1.165, 1.54) is 0 Å². The molecule has 0 bridgehead atoms. The summed E-state index contributed by atoms with van der Waals surface area (Å²) in [4.78, 5) is 0. The molecule has 0 rings (SSSR count). The molecule has 0 fully saturated rings. The molecule has 0 saturated carbocycles. The van der Waals surface area contributed by atoms with Crippen LogP contribution in [0, 0.1) is 0 Å². The van der Waals surface area contributed by atoms with Crippen molar-refractivity contribution >= 4 is 0 Å². The van der Waals surface area contributed by atoms with Crippen LogP contribution in [0.25, 0.3) is 0 Å². The molecule has 0 heterocycles. The molecule has 0 aromatic heterocycles. The Kier molecular flexibility index (Phi) is 7.10. The van der Waals surface area contributed by atoms with Crippen LogP contribution in [0.15, 0.2) is 0 Å². The average Bonchev–Trinajstić information content (AvgIpc) is 2.45. The van der Waals surface area contributed by atoms with Gasteiger partial charge in [-0.05, 0) is 0 Å². The first kappa shape index (κ1) is 31.4. The number of hydrogen-bond acceptors (Lipinski definition) is 1. The van der Waals surface area contributed by atoms with Crippen LogP contribution in [-0.4, -0.2) is 60.1 Å². The van der Waals surface area contributed by atoms with E-state index in [1.54, 1.807) is 0 Å². The van der Waals surface area contributed by atoms with Gasteiger partial charge in [-0.2, -0.15) is 83.4 Å². The Bertz CT molecular complexity index is 614. The summed E-state index contributed by atoms with van der Waals surface area (Å²) >= 11 is 0. The molecule has 0 amide bonds. The maximum Gasteiger partial charge on any atom is 0.458 e. The normalized spacial score (nSPS) is 16.9. The van der Waals surface area contributed by atoms with E-state index in [9.17, 15) is 96.6 Å². The van der Waals surface area contributed by atoms with Crippen molar-refractivity contribution in [3.8, 4) is 0 Å². The minimum Gasteiger partial charge on any atom is -0.287 e. The second kappa shape index (κ2) is 7.46. The Morgan fingerprint density at radius 1 is 0.242 bits per heavy atom. The molecule has 1 nitrogen and oxygen atoms in total. The molecule has 0 aliphatic carbocycles. The molecular weight excluding hydrogens is 554 g/mol. The minimum absolute atomic E-state index is 0.778. The van der Waals surface area contributed by atoms with Crippen LogP contribution >= 0.6 is 0 Å². The van der Waals surface area contributed by atoms with Gasteiger partial charge in [-0.1, -0.05) is 0 Å². The van der Waals surface area contributed by atoms with E-state index in [0.717, 1.165) is 4.74 Å². The lowest BCUT2D eigenvalue weighted by Gasteiger charge is -2.49. The highest BCUT2D eigenvalue weighted by molar-refractivity contribution is 5.20. The van der Waals surface area contributed by atoms with Crippen molar-refractivity contribution in [2.75, 3.05) is 0 Å². The zero-order valence-electron chi connectivity index (χ0n) is 13.7. The van der Waals surface area contributed by atoms with Crippen molar-refractivity contribution in [1.29, 1.82) is 0 Å². The summed E-state index contributed by atoms with van der Waals surface area (Å²) in [6, 6.07) is 0. The molecule has 0 spiro atoms. The van der Waals surface area contributed by atoms with Gasteiger partial charge in [0.05, 0.1) is 0 Å². The van der Waals surface area contributed by atoms with Gasteiger partial charge in [0.2, 0.25) is 0 Å². The Labute approximate surface area is 163 Å². The summed E-state index contributed by atoms with van der Waals surface area (Å²) in [6.45, 7) is 0. The number of halogens is 22. The lowest BCUT2D eigenvalue weighted by atomic mass is 9.80. The zero-order chi connectivity index (χ0) is 27.7. The van der Waals surface area contributed by atoms with Crippen molar-refractivity contribution < 1.29 is 101 Å². The van der Waals surface area contributed by atoms with Crippen molar-refractivity contribution in [2.24, 2.45) is 0 Å². The van der Waals surface area contributed by atoms with Crippen molar-refractivity contribution in [2.45, 2.75) is 60.1 Å². The Hall–Kier alpha value is -1.58. The number of hydrogen-bond donors (Lipinski definition) is 0. The van der Waals surface area contributed by atoms with E-state index in [4.69, 9.17) is 0 Å². The molecular formula is C10F22O. The summed E-state index contributed by atoms with van der Waals surface area (Å²) in [5, 5.41) is 0. The predicted octanol–water partition coefficient (Wildman–Crippen LogP) is 7.13. The van der Waals surface area contributed by atoms with E-state index in [-0.39, 0.29) is 0 Å². The zero-order valence-corrected chi connectivity index (χ0v) is 13.7. The van der Waals surface area contributed by atoms with Crippen LogP contribution in [0.4, 0.5) is 96.6 Å². The van der Waals surface area contributed by atoms with Crippen molar-refractivity contribution in [3.63, 3.8) is 0 Å². The number of alkyl halides is 22. The van der Waals surface area contributed by atoms with Gasteiger partial charge in [0, 0.05) is 0 Å². The first-order valence-corrected chi connectivity index (χ1v) is 6.57. The van der Waals surface area contributed by atoms with Crippen molar-refractivity contribution in [3.05, 3.63) is 0 Å². The van der Waals surface area contributed by atoms with E-state index in [0.29, 0.717) is 0 Å². The second-order valence-corrected chi connectivity index (χ2v) is 5.60. The topological polar surface area (TPSA) is 9.23 Å². The monoisotopic (exact) mass is 554 g/mol. The third-order valence-electron chi connectivity index (χ3n) is 3.46. The molecule has 23 heteroatoms. The molecule has 0 unspecified atom stereocenters. The van der Waals surface area contributed by atoms with Gasteiger partial charge in [-0.25, -0.2) is 13.2 Å². The lowest BCUT2D eigenvalue weighted by molar-refractivity contribution is -0.546. The lowest BCUT2D eigenvalue weighted by Crippen LogP contribution is -2.82. The Morgan fingerprint density at radius 3 is 0.545 bits per heavy atom. The predicted molar refractivity (Wildman–Crippen MR) is 52.8 cm³/mol. The summed E-state index contributed by atoms with van der Waals surface area (Å²) in [7, 11) is 0. The molecule has 0 N–H and O–H groups in total. The van der Waals surface area contributed by atoms with Gasteiger partial charge in [0.15, 0.2) is 0 Å². The molecule has 0 radical (unpaired) electrons. The quantitative estimate of drug-likeness (QED) is 0.337. The molecule has 200 valence electrons. The largest absolute Gasteiger partial charge is 0.458 e. The van der Waals surface area contributed by atoms with Crippen LogP contribution in [0.2, 0.25) is 0 Å².